The summed E-state index contributed by atoms with van der Waals surface area (Å²) in [5, 5.41) is 4.10. The first-order chi connectivity index (χ1) is 10.1. The number of carbonyl (C=O) groups is 1. The lowest BCUT2D eigenvalue weighted by molar-refractivity contribution is -0.0690. The number of aromatic nitrogens is 1. The summed E-state index contributed by atoms with van der Waals surface area (Å²) in [4.78, 5) is 17.4. The van der Waals surface area contributed by atoms with Gasteiger partial charge in [-0.05, 0) is 41.4 Å². The van der Waals surface area contributed by atoms with E-state index >= 15 is 0 Å². The lowest BCUT2D eigenvalue weighted by Crippen LogP contribution is -2.46. The predicted octanol–water partition coefficient (Wildman–Crippen LogP) is 3.41. The molecule has 2 unspecified atom stereocenters. The van der Waals surface area contributed by atoms with Gasteiger partial charge in [-0.1, -0.05) is 12.2 Å². The van der Waals surface area contributed by atoms with Crippen LogP contribution in [0.5, 0.6) is 0 Å². The van der Waals surface area contributed by atoms with Crippen LogP contribution >= 0.6 is 23.6 Å². The lowest BCUT2D eigenvalue weighted by Gasteiger charge is -2.36. The van der Waals surface area contributed by atoms with E-state index in [0.717, 1.165) is 5.56 Å². The number of rotatable bonds is 2. The molecule has 0 saturated carbocycles. The number of nitrogens with zero attached hydrogens (tertiary/aromatic N) is 1. The molecule has 1 N–H and O–H groups in total. The fraction of sp³-hybridized carbons (Fsp3) is 0.333. The predicted molar refractivity (Wildman–Crippen MR) is 85.1 cm³/mol. The maximum atomic E-state index is 12.7. The minimum absolute atomic E-state index is 0.00821. The summed E-state index contributed by atoms with van der Waals surface area (Å²) in [5.74, 6) is -0.0350. The molecule has 0 aliphatic carbocycles. The molecule has 6 heteroatoms. The van der Waals surface area contributed by atoms with Gasteiger partial charge in [0.25, 0.3) is 5.91 Å². The summed E-state index contributed by atoms with van der Waals surface area (Å²) >= 11 is 6.84. The molecule has 2 aromatic heterocycles. The van der Waals surface area contributed by atoms with Gasteiger partial charge in [-0.15, -0.1) is 0 Å². The Balaban J connectivity index is 1.83. The molecule has 1 amide bonds. The molecule has 0 spiro atoms. The molecule has 3 rings (SSSR count). The number of pyridine rings is 1. The third-order valence-corrected chi connectivity index (χ3v) is 4.55. The van der Waals surface area contributed by atoms with Crippen molar-refractivity contribution in [2.75, 3.05) is 13.1 Å². The average Bonchev–Trinajstić information content (AvgIpc) is 3.01. The quantitative estimate of drug-likeness (QED) is 0.863. The van der Waals surface area contributed by atoms with Crippen molar-refractivity contribution >= 4 is 29.5 Å². The number of nitrogens with one attached hydrogen (secondary N) is 1. The third-order valence-electron chi connectivity index (χ3n) is 3.51. The van der Waals surface area contributed by atoms with E-state index in [9.17, 15) is 4.79 Å². The highest BCUT2D eigenvalue weighted by Gasteiger charge is 2.30. The highest BCUT2D eigenvalue weighted by Crippen LogP contribution is 2.27. The first-order valence-corrected chi connectivity index (χ1v) is 8.15. The van der Waals surface area contributed by atoms with Gasteiger partial charge in [0.1, 0.15) is 10.7 Å². The minimum Gasteiger partial charge on any atom is -0.367 e. The van der Waals surface area contributed by atoms with Crippen LogP contribution in [0.4, 0.5) is 0 Å². The largest absolute Gasteiger partial charge is 0.367 e. The number of aromatic amines is 1. The lowest BCUT2D eigenvalue weighted by atomic mass is 10.1. The van der Waals surface area contributed by atoms with E-state index in [1.807, 2.05) is 23.3 Å². The van der Waals surface area contributed by atoms with Crippen molar-refractivity contribution in [2.45, 2.75) is 19.1 Å². The van der Waals surface area contributed by atoms with Gasteiger partial charge in [-0.3, -0.25) is 4.79 Å². The summed E-state index contributed by atoms with van der Waals surface area (Å²) in [6, 6.07) is 5.61. The van der Waals surface area contributed by atoms with Gasteiger partial charge in [0.2, 0.25) is 0 Å². The molecule has 110 valence electrons. The summed E-state index contributed by atoms with van der Waals surface area (Å²) in [6.07, 6.45) is 1.67. The van der Waals surface area contributed by atoms with Crippen LogP contribution in [-0.2, 0) is 4.74 Å². The van der Waals surface area contributed by atoms with Gasteiger partial charge in [0.15, 0.2) is 0 Å². The average molecular weight is 320 g/mol. The van der Waals surface area contributed by atoms with E-state index in [-0.39, 0.29) is 18.1 Å². The fourth-order valence-corrected chi connectivity index (χ4v) is 3.45. The van der Waals surface area contributed by atoms with E-state index in [1.165, 1.54) is 0 Å². The second-order valence-electron chi connectivity index (χ2n) is 5.12. The van der Waals surface area contributed by atoms with Crippen LogP contribution in [0.2, 0.25) is 0 Å². The molecule has 1 saturated heterocycles. The SMILES string of the molecule is CC1CN(C(=O)c2ccc[nH]c2=S)CC(c2ccsc2)O1. The summed E-state index contributed by atoms with van der Waals surface area (Å²) < 4.78 is 6.44. The Morgan fingerprint density at radius 3 is 3.05 bits per heavy atom. The number of H-pyrrole nitrogens is 1. The first-order valence-electron chi connectivity index (χ1n) is 6.79. The molecule has 0 aromatic carbocycles. The normalized spacial score (nSPS) is 22.2. The number of hydrogen-bond donors (Lipinski definition) is 1. The molecule has 0 bridgehead atoms. The summed E-state index contributed by atoms with van der Waals surface area (Å²) in [6.45, 7) is 3.14. The van der Waals surface area contributed by atoms with Crippen molar-refractivity contribution in [1.82, 2.24) is 9.88 Å². The highest BCUT2D eigenvalue weighted by molar-refractivity contribution is 7.71. The second kappa shape index (κ2) is 6.09. The maximum absolute atomic E-state index is 12.7. The van der Waals surface area contributed by atoms with Crippen LogP contribution in [0.15, 0.2) is 35.2 Å². The Hall–Kier alpha value is -1.50. The van der Waals surface area contributed by atoms with Crippen molar-refractivity contribution in [3.63, 3.8) is 0 Å². The van der Waals surface area contributed by atoms with Crippen LogP contribution in [0, 0.1) is 4.64 Å². The zero-order chi connectivity index (χ0) is 14.8. The minimum atomic E-state index is -0.0646. The molecule has 4 nitrogen and oxygen atoms in total. The Bertz CT molecular complexity index is 681. The summed E-state index contributed by atoms with van der Waals surface area (Å²) in [7, 11) is 0. The van der Waals surface area contributed by atoms with Crippen LogP contribution < -0.4 is 0 Å². The van der Waals surface area contributed by atoms with E-state index in [4.69, 9.17) is 17.0 Å². The molecule has 0 radical (unpaired) electrons. The van der Waals surface area contributed by atoms with E-state index in [1.54, 1.807) is 29.7 Å². The van der Waals surface area contributed by atoms with E-state index in [2.05, 4.69) is 10.4 Å². The Morgan fingerprint density at radius 1 is 1.48 bits per heavy atom. The van der Waals surface area contributed by atoms with Gasteiger partial charge in [-0.2, -0.15) is 11.3 Å². The standard InChI is InChI=1S/C15H16N2O2S2/c1-10-7-17(8-13(19-10)11-4-6-21-9-11)15(18)12-3-2-5-16-14(12)20/h2-6,9-10,13H,7-8H2,1H3,(H,16,20). The van der Waals surface area contributed by atoms with Gasteiger partial charge < -0.3 is 14.6 Å². The van der Waals surface area contributed by atoms with Crippen LogP contribution in [0.3, 0.4) is 0 Å². The molecular formula is C15H16N2O2S2. The van der Waals surface area contributed by atoms with Crippen molar-refractivity contribution in [2.24, 2.45) is 0 Å². The van der Waals surface area contributed by atoms with E-state index in [0.29, 0.717) is 23.3 Å². The molecular weight excluding hydrogens is 304 g/mol. The second-order valence-corrected chi connectivity index (χ2v) is 6.30. The first kappa shape index (κ1) is 14.4. The van der Waals surface area contributed by atoms with Gasteiger partial charge >= 0.3 is 0 Å². The highest BCUT2D eigenvalue weighted by atomic mass is 32.1. The molecule has 1 aliphatic rings. The molecule has 2 atom stereocenters. The topological polar surface area (TPSA) is 45.3 Å². The molecule has 3 heterocycles. The Labute approximate surface area is 132 Å². The molecule has 2 aromatic rings. The number of morpholine rings is 1. The number of ether oxygens (including phenoxy) is 1. The van der Waals surface area contributed by atoms with Crippen molar-refractivity contribution in [3.8, 4) is 0 Å². The smallest absolute Gasteiger partial charge is 0.257 e. The van der Waals surface area contributed by atoms with Crippen LogP contribution in [0.25, 0.3) is 0 Å². The molecule has 1 aliphatic heterocycles. The van der Waals surface area contributed by atoms with Gasteiger partial charge in [0, 0.05) is 12.7 Å². The van der Waals surface area contributed by atoms with Gasteiger partial charge in [0.05, 0.1) is 18.2 Å². The third kappa shape index (κ3) is 3.07. The number of amides is 1. The van der Waals surface area contributed by atoms with E-state index < -0.39 is 0 Å². The number of carbonyl (C=O) groups excluding carboxylic acids is 1. The zero-order valence-electron chi connectivity index (χ0n) is 11.6. The Morgan fingerprint density at radius 2 is 2.33 bits per heavy atom. The fourth-order valence-electron chi connectivity index (χ4n) is 2.52. The number of thiophene rings is 1. The molecule has 1 fully saturated rings. The van der Waals surface area contributed by atoms with Crippen molar-refractivity contribution in [1.29, 1.82) is 0 Å². The van der Waals surface area contributed by atoms with Gasteiger partial charge in [-0.25, -0.2) is 0 Å². The van der Waals surface area contributed by atoms with Crippen LogP contribution in [0.1, 0.15) is 28.9 Å². The Kier molecular flexibility index (Phi) is 4.19. The molecule has 21 heavy (non-hydrogen) atoms. The monoisotopic (exact) mass is 320 g/mol. The maximum Gasteiger partial charge on any atom is 0.257 e. The van der Waals surface area contributed by atoms with Crippen molar-refractivity contribution < 1.29 is 9.53 Å². The van der Waals surface area contributed by atoms with Crippen LogP contribution in [-0.4, -0.2) is 35.0 Å². The summed E-state index contributed by atoms with van der Waals surface area (Å²) in [5.41, 5.74) is 1.67. The number of hydrogen-bond acceptors (Lipinski definition) is 4. The zero-order valence-corrected chi connectivity index (χ0v) is 13.2. The van der Waals surface area contributed by atoms with Crippen molar-refractivity contribution in [3.05, 3.63) is 50.9 Å².